The SMILES string of the molecule is Cn1cnc2c1C1=NCCN1C(Cl)=N2. The molecule has 0 saturated carbocycles. The van der Waals surface area contributed by atoms with Gasteiger partial charge in [0.1, 0.15) is 5.69 Å². The average Bonchev–Trinajstić information content (AvgIpc) is 2.72. The summed E-state index contributed by atoms with van der Waals surface area (Å²) in [6.45, 7) is 1.58. The van der Waals surface area contributed by atoms with Crippen LogP contribution in [0.1, 0.15) is 5.69 Å². The average molecular weight is 210 g/mol. The molecule has 0 aromatic carbocycles. The maximum atomic E-state index is 6.00. The fourth-order valence-electron chi connectivity index (χ4n) is 1.73. The molecule has 0 radical (unpaired) electrons. The van der Waals surface area contributed by atoms with Crippen LogP contribution in [0.5, 0.6) is 0 Å². The van der Waals surface area contributed by atoms with Crippen molar-refractivity contribution in [3.63, 3.8) is 0 Å². The second-order valence-corrected chi connectivity index (χ2v) is 3.60. The first-order valence-electron chi connectivity index (χ1n) is 4.35. The van der Waals surface area contributed by atoms with Crippen LogP contribution >= 0.6 is 11.6 Å². The smallest absolute Gasteiger partial charge is 0.206 e. The number of hydrogen-bond acceptors (Lipinski definition) is 4. The molecule has 0 atom stereocenters. The van der Waals surface area contributed by atoms with E-state index in [1.54, 1.807) is 6.33 Å². The number of aliphatic imine (C=N–C) groups is 2. The number of rotatable bonds is 0. The zero-order valence-corrected chi connectivity index (χ0v) is 8.36. The zero-order valence-electron chi connectivity index (χ0n) is 7.61. The highest BCUT2D eigenvalue weighted by molar-refractivity contribution is 6.66. The van der Waals surface area contributed by atoms with Gasteiger partial charge in [-0.3, -0.25) is 9.89 Å². The van der Waals surface area contributed by atoms with Gasteiger partial charge < -0.3 is 4.57 Å². The first kappa shape index (κ1) is 7.99. The molecule has 0 spiro atoms. The van der Waals surface area contributed by atoms with E-state index < -0.39 is 0 Å². The zero-order chi connectivity index (χ0) is 9.71. The van der Waals surface area contributed by atoms with Gasteiger partial charge >= 0.3 is 0 Å². The second-order valence-electron chi connectivity index (χ2n) is 3.27. The summed E-state index contributed by atoms with van der Waals surface area (Å²) in [7, 11) is 1.93. The number of nitrogens with zero attached hydrogens (tertiary/aromatic N) is 5. The third-order valence-corrected chi connectivity index (χ3v) is 2.68. The maximum absolute atomic E-state index is 6.00. The summed E-state index contributed by atoms with van der Waals surface area (Å²) in [5.41, 5.74) is 0.951. The van der Waals surface area contributed by atoms with Crippen LogP contribution in [0.3, 0.4) is 0 Å². The summed E-state index contributed by atoms with van der Waals surface area (Å²) >= 11 is 6.00. The van der Waals surface area contributed by atoms with Crippen molar-refractivity contribution in [1.29, 1.82) is 0 Å². The van der Waals surface area contributed by atoms with Crippen LogP contribution in [0.2, 0.25) is 0 Å². The minimum Gasteiger partial charge on any atom is -0.329 e. The molecule has 3 heterocycles. The standard InChI is InChI=1S/C8H8ClN5/c1-13-4-11-6-5(13)7-10-2-3-14(7)8(9)12-6/h4H,2-3H2,1H3. The molecule has 72 valence electrons. The Morgan fingerprint density at radius 3 is 3.21 bits per heavy atom. The maximum Gasteiger partial charge on any atom is 0.206 e. The van der Waals surface area contributed by atoms with E-state index in [9.17, 15) is 0 Å². The molecule has 5 nitrogen and oxygen atoms in total. The number of amidine groups is 2. The highest BCUT2D eigenvalue weighted by Crippen LogP contribution is 2.27. The summed E-state index contributed by atoms with van der Waals surface area (Å²) in [5.74, 6) is 1.55. The van der Waals surface area contributed by atoms with E-state index in [-0.39, 0.29) is 0 Å². The Labute approximate surface area is 85.7 Å². The van der Waals surface area contributed by atoms with Crippen molar-refractivity contribution in [2.45, 2.75) is 0 Å². The van der Waals surface area contributed by atoms with E-state index in [4.69, 9.17) is 11.6 Å². The molecular weight excluding hydrogens is 202 g/mol. The van der Waals surface area contributed by atoms with Gasteiger partial charge in [-0.05, 0) is 11.6 Å². The van der Waals surface area contributed by atoms with Crippen LogP contribution in [0.4, 0.5) is 5.82 Å². The summed E-state index contributed by atoms with van der Waals surface area (Å²) in [5, 5.41) is 0.465. The van der Waals surface area contributed by atoms with E-state index in [0.29, 0.717) is 11.1 Å². The lowest BCUT2D eigenvalue weighted by molar-refractivity contribution is 0.666. The van der Waals surface area contributed by atoms with Gasteiger partial charge in [0, 0.05) is 13.6 Å². The van der Waals surface area contributed by atoms with Crippen molar-refractivity contribution in [1.82, 2.24) is 14.5 Å². The van der Waals surface area contributed by atoms with Crippen molar-refractivity contribution in [2.24, 2.45) is 17.0 Å². The summed E-state index contributed by atoms with van der Waals surface area (Å²) in [4.78, 5) is 14.7. The van der Waals surface area contributed by atoms with Crippen molar-refractivity contribution in [3.8, 4) is 0 Å². The van der Waals surface area contributed by atoms with Crippen molar-refractivity contribution >= 4 is 28.5 Å². The van der Waals surface area contributed by atoms with Gasteiger partial charge in [0.15, 0.2) is 11.7 Å². The van der Waals surface area contributed by atoms with Crippen molar-refractivity contribution in [2.75, 3.05) is 13.1 Å². The summed E-state index contributed by atoms with van der Waals surface area (Å²) in [6.07, 6.45) is 1.72. The number of fused-ring (bicyclic) bond motifs is 3. The molecule has 0 saturated heterocycles. The van der Waals surface area contributed by atoms with Crippen molar-refractivity contribution < 1.29 is 0 Å². The van der Waals surface area contributed by atoms with Gasteiger partial charge in [0.25, 0.3) is 0 Å². The molecule has 0 amide bonds. The molecule has 0 bridgehead atoms. The normalized spacial score (nSPS) is 18.9. The summed E-state index contributed by atoms with van der Waals surface area (Å²) in [6, 6.07) is 0. The van der Waals surface area contributed by atoms with E-state index in [2.05, 4.69) is 15.0 Å². The molecule has 0 N–H and O–H groups in total. The fourth-order valence-corrected chi connectivity index (χ4v) is 1.98. The molecule has 0 aliphatic carbocycles. The molecule has 1 aromatic heterocycles. The molecule has 2 aliphatic rings. The highest BCUT2D eigenvalue weighted by Gasteiger charge is 2.31. The Kier molecular flexibility index (Phi) is 1.47. The van der Waals surface area contributed by atoms with Crippen molar-refractivity contribution in [3.05, 3.63) is 12.0 Å². The fraction of sp³-hybridized carbons (Fsp3) is 0.375. The van der Waals surface area contributed by atoms with E-state index in [1.165, 1.54) is 0 Å². The number of aromatic nitrogens is 2. The van der Waals surface area contributed by atoms with Gasteiger partial charge in [-0.2, -0.15) is 4.99 Å². The lowest BCUT2D eigenvalue weighted by atomic mass is 10.3. The monoisotopic (exact) mass is 209 g/mol. The Morgan fingerprint density at radius 2 is 2.36 bits per heavy atom. The second kappa shape index (κ2) is 2.57. The number of hydrogen-bond donors (Lipinski definition) is 0. The largest absolute Gasteiger partial charge is 0.329 e. The van der Waals surface area contributed by atoms with Gasteiger partial charge in [-0.25, -0.2) is 4.98 Å². The Hall–Kier alpha value is -1.36. The number of halogens is 1. The Morgan fingerprint density at radius 1 is 1.50 bits per heavy atom. The number of aryl methyl sites for hydroxylation is 1. The van der Waals surface area contributed by atoms with Crippen LogP contribution in [-0.4, -0.2) is 38.7 Å². The molecule has 0 unspecified atom stereocenters. The highest BCUT2D eigenvalue weighted by atomic mass is 35.5. The van der Waals surface area contributed by atoms with Crippen LogP contribution in [0, 0.1) is 0 Å². The quantitative estimate of drug-likeness (QED) is 0.592. The molecule has 0 fully saturated rings. The van der Waals surface area contributed by atoms with Gasteiger partial charge in [0.2, 0.25) is 5.29 Å². The van der Waals surface area contributed by atoms with Crippen LogP contribution < -0.4 is 0 Å². The van der Waals surface area contributed by atoms with Gasteiger partial charge in [-0.15, -0.1) is 0 Å². The predicted octanol–water partition coefficient (Wildman–Crippen LogP) is 0.722. The number of imidazole rings is 1. The first-order valence-corrected chi connectivity index (χ1v) is 4.73. The van der Waals surface area contributed by atoms with E-state index in [0.717, 1.165) is 24.6 Å². The molecule has 2 aliphatic heterocycles. The molecule has 6 heteroatoms. The lowest BCUT2D eigenvalue weighted by Gasteiger charge is -2.21. The topological polar surface area (TPSA) is 45.8 Å². The van der Waals surface area contributed by atoms with E-state index in [1.807, 2.05) is 16.5 Å². The van der Waals surface area contributed by atoms with E-state index >= 15 is 0 Å². The molecule has 14 heavy (non-hydrogen) atoms. The Balaban J connectivity index is 2.28. The van der Waals surface area contributed by atoms with Crippen LogP contribution in [-0.2, 0) is 7.05 Å². The molecule has 1 aromatic rings. The third kappa shape index (κ3) is 0.874. The minimum atomic E-state index is 0.465. The predicted molar refractivity (Wildman–Crippen MR) is 54.3 cm³/mol. The van der Waals surface area contributed by atoms with Gasteiger partial charge in [0.05, 0.1) is 12.9 Å². The molecular formula is C8H8ClN5. The summed E-state index contributed by atoms with van der Waals surface area (Å²) < 4.78 is 1.92. The molecule has 3 rings (SSSR count). The minimum absolute atomic E-state index is 0.465. The van der Waals surface area contributed by atoms with Gasteiger partial charge in [-0.1, -0.05) is 0 Å². The lowest BCUT2D eigenvalue weighted by Crippen LogP contribution is -2.35. The van der Waals surface area contributed by atoms with Crippen LogP contribution in [0.25, 0.3) is 0 Å². The third-order valence-electron chi connectivity index (χ3n) is 2.39. The first-order chi connectivity index (χ1) is 6.77. The Bertz CT molecular complexity index is 458. The van der Waals surface area contributed by atoms with Crippen LogP contribution in [0.15, 0.2) is 16.3 Å².